The summed E-state index contributed by atoms with van der Waals surface area (Å²) in [7, 11) is 0. The smallest absolute Gasteiger partial charge is 0.220 e. The van der Waals surface area contributed by atoms with Crippen molar-refractivity contribution in [3.8, 4) is 0 Å². The first kappa shape index (κ1) is 11.2. The van der Waals surface area contributed by atoms with Gasteiger partial charge in [-0.1, -0.05) is 37.6 Å². The average molecular weight is 216 g/mol. The number of fused-ring (bicyclic) bond motifs is 1. The van der Waals surface area contributed by atoms with Crippen LogP contribution in [0.1, 0.15) is 49.8 Å². The number of carbonyl (C=O) groups excluding carboxylic acids is 1. The molecule has 2 heteroatoms. The molecule has 0 aromatic heterocycles. The normalized spacial score (nSPS) is 18.2. The van der Waals surface area contributed by atoms with E-state index in [1.54, 1.807) is 0 Å². The molecule has 1 aromatic rings. The second-order valence-electron chi connectivity index (χ2n) is 4.29. The molecule has 0 fully saturated rings. The second kappa shape index (κ2) is 5.15. The van der Waals surface area contributed by atoms with Crippen molar-refractivity contribution in [2.24, 2.45) is 0 Å². The second-order valence-corrected chi connectivity index (χ2v) is 4.29. The van der Waals surface area contributed by atoms with E-state index in [1.807, 2.05) is 12.1 Å². The third-order valence-corrected chi connectivity index (χ3v) is 3.04. The van der Waals surface area contributed by atoms with Gasteiger partial charge in [-0.3, -0.25) is 4.79 Å². The van der Waals surface area contributed by atoms with E-state index in [9.17, 15) is 4.79 Å². The summed E-state index contributed by atoms with van der Waals surface area (Å²) in [6.45, 7) is 2.10. The molecule has 2 rings (SSSR count). The number of unbranched alkanes of at least 4 members (excludes halogenated alkanes) is 1. The Morgan fingerprint density at radius 3 is 3.06 bits per heavy atom. The Labute approximate surface area is 97.1 Å². The fraction of sp³-hybridized carbons (Fsp3) is 0.429. The Morgan fingerprint density at radius 1 is 1.44 bits per heavy atom. The summed E-state index contributed by atoms with van der Waals surface area (Å²) >= 11 is 0. The highest BCUT2D eigenvalue weighted by Crippen LogP contribution is 2.32. The fourth-order valence-corrected chi connectivity index (χ4v) is 2.13. The molecule has 0 aliphatic heterocycles. The number of amides is 1. The quantitative estimate of drug-likeness (QED) is 0.823. The van der Waals surface area contributed by atoms with Gasteiger partial charge < -0.3 is 5.32 Å². The molecule has 16 heavy (non-hydrogen) atoms. The third-order valence-electron chi connectivity index (χ3n) is 3.04. The predicted molar refractivity (Wildman–Crippen MR) is 64.9 cm³/mol. The first-order valence-electron chi connectivity index (χ1n) is 6.02. The number of hydrogen-bond acceptors (Lipinski definition) is 1. The monoisotopic (exact) mass is 216 g/mol. The van der Waals surface area contributed by atoms with Crippen molar-refractivity contribution in [1.82, 2.24) is 5.32 Å². The van der Waals surface area contributed by atoms with Crippen LogP contribution in [-0.2, 0) is 4.79 Å². The van der Waals surface area contributed by atoms with Crippen LogP contribution in [0, 0.1) is 6.42 Å². The van der Waals surface area contributed by atoms with Gasteiger partial charge in [-0.2, -0.15) is 0 Å². The molecular formula is C14H18NO. The van der Waals surface area contributed by atoms with Gasteiger partial charge in [0.05, 0.1) is 6.04 Å². The van der Waals surface area contributed by atoms with Crippen LogP contribution in [0.4, 0.5) is 0 Å². The highest BCUT2D eigenvalue weighted by molar-refractivity contribution is 5.76. The van der Waals surface area contributed by atoms with Gasteiger partial charge in [-0.15, -0.1) is 0 Å². The first-order valence-corrected chi connectivity index (χ1v) is 6.02. The van der Waals surface area contributed by atoms with Crippen LogP contribution in [0.5, 0.6) is 0 Å². The van der Waals surface area contributed by atoms with Gasteiger partial charge in [0.25, 0.3) is 0 Å². The molecule has 1 amide bonds. The van der Waals surface area contributed by atoms with E-state index in [2.05, 4.69) is 30.8 Å². The summed E-state index contributed by atoms with van der Waals surface area (Å²) in [5.74, 6) is 0.178. The Bertz CT molecular complexity index is 373. The maximum absolute atomic E-state index is 11.6. The number of hydrogen-bond donors (Lipinski definition) is 1. The van der Waals surface area contributed by atoms with Crippen molar-refractivity contribution in [2.45, 2.75) is 38.6 Å². The molecule has 1 atom stereocenters. The minimum absolute atomic E-state index is 0.178. The number of carbonyl (C=O) groups is 1. The number of nitrogens with one attached hydrogen (secondary N) is 1. The zero-order valence-electron chi connectivity index (χ0n) is 9.70. The fourth-order valence-electron chi connectivity index (χ4n) is 2.13. The largest absolute Gasteiger partial charge is 0.349 e. The molecule has 0 saturated heterocycles. The Morgan fingerprint density at radius 2 is 2.25 bits per heavy atom. The summed E-state index contributed by atoms with van der Waals surface area (Å²) in [6, 6.07) is 8.47. The average Bonchev–Trinajstić information content (AvgIpc) is 2.70. The highest BCUT2D eigenvalue weighted by Gasteiger charge is 2.23. The van der Waals surface area contributed by atoms with Crippen molar-refractivity contribution in [3.63, 3.8) is 0 Å². The van der Waals surface area contributed by atoms with Gasteiger partial charge in [0.2, 0.25) is 5.91 Å². The molecule has 1 radical (unpaired) electrons. The van der Waals surface area contributed by atoms with Crippen molar-refractivity contribution in [2.75, 3.05) is 0 Å². The van der Waals surface area contributed by atoms with Crippen LogP contribution in [0.25, 0.3) is 0 Å². The standard InChI is InChI=1S/C14H18NO/c1-2-3-8-14(16)15-13-10-9-11-6-4-5-7-12(11)13/h4-7,9,13H,2-3,8,10H2,1H3,(H,15,16). The molecule has 1 aromatic carbocycles. The van der Waals surface area contributed by atoms with Crippen LogP contribution in [0.2, 0.25) is 0 Å². The molecule has 0 saturated carbocycles. The van der Waals surface area contributed by atoms with E-state index in [1.165, 1.54) is 11.1 Å². The Hall–Kier alpha value is -1.31. The van der Waals surface area contributed by atoms with Crippen molar-refractivity contribution >= 4 is 5.91 Å². The summed E-state index contributed by atoms with van der Waals surface area (Å²) in [4.78, 5) is 11.6. The Balaban J connectivity index is 1.95. The SMILES string of the molecule is CCCCC(=O)NC1C[CH]c2ccccc21. The van der Waals surface area contributed by atoms with Gasteiger partial charge >= 0.3 is 0 Å². The van der Waals surface area contributed by atoms with Crippen molar-refractivity contribution in [3.05, 3.63) is 41.8 Å². The summed E-state index contributed by atoms with van der Waals surface area (Å²) in [5.41, 5.74) is 2.52. The molecular weight excluding hydrogens is 198 g/mol. The van der Waals surface area contributed by atoms with E-state index < -0.39 is 0 Å². The Kier molecular flexibility index (Phi) is 3.60. The number of benzene rings is 1. The third kappa shape index (κ3) is 2.43. The van der Waals surface area contributed by atoms with Crippen LogP contribution in [0.3, 0.4) is 0 Å². The molecule has 1 N–H and O–H groups in total. The topological polar surface area (TPSA) is 29.1 Å². The summed E-state index contributed by atoms with van der Waals surface area (Å²) in [6.07, 6.45) is 5.82. The lowest BCUT2D eigenvalue weighted by Gasteiger charge is -2.13. The lowest BCUT2D eigenvalue weighted by Crippen LogP contribution is -2.26. The van der Waals surface area contributed by atoms with Crippen LogP contribution >= 0.6 is 0 Å². The minimum atomic E-state index is 0.178. The molecule has 1 aliphatic rings. The molecule has 0 spiro atoms. The van der Waals surface area contributed by atoms with E-state index in [0.29, 0.717) is 6.42 Å². The molecule has 1 aliphatic carbocycles. The van der Waals surface area contributed by atoms with Crippen molar-refractivity contribution in [1.29, 1.82) is 0 Å². The molecule has 2 nitrogen and oxygen atoms in total. The van der Waals surface area contributed by atoms with Gasteiger partial charge in [-0.05, 0) is 30.4 Å². The lowest BCUT2D eigenvalue weighted by atomic mass is 10.1. The van der Waals surface area contributed by atoms with Crippen LogP contribution < -0.4 is 5.32 Å². The van der Waals surface area contributed by atoms with Crippen LogP contribution in [-0.4, -0.2) is 5.91 Å². The highest BCUT2D eigenvalue weighted by atomic mass is 16.1. The predicted octanol–water partition coefficient (Wildman–Crippen LogP) is 2.99. The first-order chi connectivity index (χ1) is 7.81. The summed E-state index contributed by atoms with van der Waals surface area (Å²) < 4.78 is 0. The zero-order chi connectivity index (χ0) is 11.4. The van der Waals surface area contributed by atoms with Gasteiger partial charge in [0.15, 0.2) is 0 Å². The minimum Gasteiger partial charge on any atom is -0.349 e. The van der Waals surface area contributed by atoms with Crippen LogP contribution in [0.15, 0.2) is 24.3 Å². The van der Waals surface area contributed by atoms with Gasteiger partial charge in [0.1, 0.15) is 0 Å². The maximum atomic E-state index is 11.6. The molecule has 85 valence electrons. The molecule has 0 heterocycles. The molecule has 0 bridgehead atoms. The zero-order valence-corrected chi connectivity index (χ0v) is 9.70. The summed E-state index contributed by atoms with van der Waals surface area (Å²) in [5, 5.41) is 3.10. The van der Waals surface area contributed by atoms with E-state index in [-0.39, 0.29) is 11.9 Å². The van der Waals surface area contributed by atoms with Gasteiger partial charge in [-0.25, -0.2) is 0 Å². The lowest BCUT2D eigenvalue weighted by molar-refractivity contribution is -0.121. The maximum Gasteiger partial charge on any atom is 0.220 e. The van der Waals surface area contributed by atoms with E-state index in [0.717, 1.165) is 19.3 Å². The molecule has 1 unspecified atom stereocenters. The van der Waals surface area contributed by atoms with E-state index in [4.69, 9.17) is 0 Å². The van der Waals surface area contributed by atoms with Crippen molar-refractivity contribution < 1.29 is 4.79 Å². The van der Waals surface area contributed by atoms with Gasteiger partial charge in [0, 0.05) is 6.42 Å². The van der Waals surface area contributed by atoms with E-state index >= 15 is 0 Å². The number of rotatable bonds is 4.